The van der Waals surface area contributed by atoms with Crippen molar-refractivity contribution in [3.63, 3.8) is 0 Å². The minimum Gasteiger partial charge on any atom is -0.466 e. The van der Waals surface area contributed by atoms with Gasteiger partial charge in [0.25, 0.3) is 0 Å². The summed E-state index contributed by atoms with van der Waals surface area (Å²) in [5.74, 6) is -0.0236. The number of carbonyl (C=O) groups is 2. The molecule has 0 aromatic heterocycles. The number of ether oxygens (including phenoxy) is 1. The maximum Gasteiger partial charge on any atom is 0.305 e. The van der Waals surface area contributed by atoms with Gasteiger partial charge in [-0.15, -0.1) is 0 Å². The minimum absolute atomic E-state index is 0.00595. The molecule has 0 aliphatic heterocycles. The number of aliphatic hydroxyl groups excluding tert-OH is 2. The quantitative estimate of drug-likeness (QED) is 0.0320. The number of amides is 1. The van der Waals surface area contributed by atoms with Crippen molar-refractivity contribution in [2.45, 2.75) is 443 Å². The highest BCUT2D eigenvalue weighted by atomic mass is 16.5. The van der Waals surface area contributed by atoms with Crippen molar-refractivity contribution in [3.05, 3.63) is 36.5 Å². The van der Waals surface area contributed by atoms with Gasteiger partial charge in [0, 0.05) is 12.8 Å². The van der Waals surface area contributed by atoms with Crippen molar-refractivity contribution in [1.29, 1.82) is 0 Å². The number of aliphatic hydroxyl groups is 2. The average molecular weight is 1200 g/mol. The first-order valence-electron chi connectivity index (χ1n) is 38.7. The number of allylic oxidation sites excluding steroid dienone is 6. The Balaban J connectivity index is 3.39. The van der Waals surface area contributed by atoms with E-state index < -0.39 is 12.1 Å². The molecule has 0 saturated carbocycles. The molecule has 2 atom stereocenters. The first-order chi connectivity index (χ1) is 42.0. The molecule has 0 aliphatic rings. The molecule has 0 fully saturated rings. The molecular formula is C79H151NO5. The lowest BCUT2D eigenvalue weighted by atomic mass is 10.0. The summed E-state index contributed by atoms with van der Waals surface area (Å²) in [4.78, 5) is 24.6. The smallest absolute Gasteiger partial charge is 0.305 e. The lowest BCUT2D eigenvalue weighted by Crippen LogP contribution is -2.45. The molecule has 0 aromatic carbocycles. The third kappa shape index (κ3) is 71.0. The van der Waals surface area contributed by atoms with Crippen LogP contribution in [0.4, 0.5) is 0 Å². The van der Waals surface area contributed by atoms with Crippen LogP contribution < -0.4 is 5.32 Å². The molecule has 3 N–H and O–H groups in total. The zero-order valence-electron chi connectivity index (χ0n) is 57.6. The molecule has 6 nitrogen and oxygen atoms in total. The van der Waals surface area contributed by atoms with Crippen LogP contribution in [0.15, 0.2) is 36.5 Å². The molecule has 0 aromatic rings. The second-order valence-corrected chi connectivity index (χ2v) is 26.7. The third-order valence-corrected chi connectivity index (χ3v) is 18.2. The molecule has 0 spiro atoms. The van der Waals surface area contributed by atoms with Crippen molar-refractivity contribution >= 4 is 11.9 Å². The Hall–Kier alpha value is -1.92. The molecule has 0 aliphatic carbocycles. The number of hydrogen-bond donors (Lipinski definition) is 3. The zero-order valence-corrected chi connectivity index (χ0v) is 57.6. The average Bonchev–Trinajstić information content (AvgIpc) is 3.51. The molecule has 0 radical (unpaired) electrons. The van der Waals surface area contributed by atoms with Gasteiger partial charge in [-0.05, 0) is 83.5 Å². The summed E-state index contributed by atoms with van der Waals surface area (Å²) in [6, 6.07) is -0.543. The van der Waals surface area contributed by atoms with E-state index in [2.05, 4.69) is 55.6 Å². The number of hydrogen-bond acceptors (Lipinski definition) is 5. The second-order valence-electron chi connectivity index (χ2n) is 26.7. The Labute approximate surface area is 532 Å². The number of unbranched alkanes of at least 4 members (excludes halogenated alkanes) is 56. The van der Waals surface area contributed by atoms with Gasteiger partial charge in [-0.3, -0.25) is 9.59 Å². The van der Waals surface area contributed by atoms with E-state index in [1.807, 2.05) is 0 Å². The van der Waals surface area contributed by atoms with E-state index in [9.17, 15) is 19.8 Å². The van der Waals surface area contributed by atoms with Crippen LogP contribution in [-0.2, 0) is 14.3 Å². The third-order valence-electron chi connectivity index (χ3n) is 18.2. The highest BCUT2D eigenvalue weighted by molar-refractivity contribution is 5.76. The number of carbonyl (C=O) groups excluding carboxylic acids is 2. The summed E-state index contributed by atoms with van der Waals surface area (Å²) in [6.07, 6.45) is 96.5. The Morgan fingerprint density at radius 2 is 0.588 bits per heavy atom. The molecular weight excluding hydrogens is 1040 g/mol. The SMILES string of the molecule is CCCCCCCC/C=C\CCCCCCCC(=O)OCCCCCCCCCCC/C=C\C/C=C\CCCCCCCCCCCCCCCCCC(=O)NC(CO)C(O)CCCCCCCCCCCCCCCCCCCCCCCC. The molecule has 0 saturated heterocycles. The number of esters is 1. The van der Waals surface area contributed by atoms with Gasteiger partial charge in [0.2, 0.25) is 5.91 Å². The summed E-state index contributed by atoms with van der Waals surface area (Å²) < 4.78 is 5.49. The van der Waals surface area contributed by atoms with Gasteiger partial charge in [0.1, 0.15) is 0 Å². The first kappa shape index (κ1) is 83.1. The summed E-state index contributed by atoms with van der Waals surface area (Å²) in [7, 11) is 0. The molecule has 2 unspecified atom stereocenters. The molecule has 0 heterocycles. The molecule has 6 heteroatoms. The van der Waals surface area contributed by atoms with Gasteiger partial charge >= 0.3 is 5.97 Å². The topological polar surface area (TPSA) is 95.9 Å². The van der Waals surface area contributed by atoms with E-state index in [-0.39, 0.29) is 18.5 Å². The van der Waals surface area contributed by atoms with Gasteiger partial charge in [-0.1, -0.05) is 371 Å². The van der Waals surface area contributed by atoms with Crippen LogP contribution in [0, 0.1) is 0 Å². The maximum atomic E-state index is 12.6. The van der Waals surface area contributed by atoms with E-state index >= 15 is 0 Å². The summed E-state index contributed by atoms with van der Waals surface area (Å²) in [5.41, 5.74) is 0. The molecule has 1 amide bonds. The number of rotatable bonds is 73. The van der Waals surface area contributed by atoms with Crippen molar-refractivity contribution in [2.75, 3.05) is 13.2 Å². The van der Waals surface area contributed by atoms with Gasteiger partial charge in [0.05, 0.1) is 25.4 Å². The summed E-state index contributed by atoms with van der Waals surface area (Å²) >= 11 is 0. The van der Waals surface area contributed by atoms with E-state index in [1.54, 1.807) is 0 Å². The Kier molecular flexibility index (Phi) is 72.9. The molecule has 0 bridgehead atoms. The zero-order chi connectivity index (χ0) is 61.3. The van der Waals surface area contributed by atoms with Crippen LogP contribution in [0.2, 0.25) is 0 Å². The molecule has 502 valence electrons. The van der Waals surface area contributed by atoms with Crippen LogP contribution in [-0.4, -0.2) is 47.4 Å². The Morgan fingerprint density at radius 1 is 0.329 bits per heavy atom. The molecule has 85 heavy (non-hydrogen) atoms. The van der Waals surface area contributed by atoms with Crippen LogP contribution in [0.1, 0.15) is 431 Å². The predicted molar refractivity (Wildman–Crippen MR) is 375 cm³/mol. The van der Waals surface area contributed by atoms with Crippen LogP contribution >= 0.6 is 0 Å². The summed E-state index contributed by atoms with van der Waals surface area (Å²) in [5, 5.41) is 23.5. The highest BCUT2D eigenvalue weighted by Gasteiger charge is 2.20. The largest absolute Gasteiger partial charge is 0.466 e. The van der Waals surface area contributed by atoms with E-state index in [1.165, 1.54) is 347 Å². The van der Waals surface area contributed by atoms with Gasteiger partial charge in [0.15, 0.2) is 0 Å². The van der Waals surface area contributed by atoms with Crippen LogP contribution in [0.25, 0.3) is 0 Å². The van der Waals surface area contributed by atoms with Crippen molar-refractivity contribution in [1.82, 2.24) is 5.32 Å². The monoisotopic (exact) mass is 1190 g/mol. The van der Waals surface area contributed by atoms with E-state index in [0.717, 1.165) is 51.4 Å². The summed E-state index contributed by atoms with van der Waals surface area (Å²) in [6.45, 7) is 4.98. The Morgan fingerprint density at radius 3 is 0.906 bits per heavy atom. The van der Waals surface area contributed by atoms with Crippen molar-refractivity contribution < 1.29 is 24.5 Å². The first-order valence-corrected chi connectivity index (χ1v) is 38.7. The van der Waals surface area contributed by atoms with E-state index in [4.69, 9.17) is 4.74 Å². The fourth-order valence-corrected chi connectivity index (χ4v) is 12.3. The fourth-order valence-electron chi connectivity index (χ4n) is 12.3. The highest BCUT2D eigenvalue weighted by Crippen LogP contribution is 2.19. The number of nitrogens with one attached hydrogen (secondary N) is 1. The van der Waals surface area contributed by atoms with Gasteiger partial charge in [-0.25, -0.2) is 0 Å². The van der Waals surface area contributed by atoms with Crippen LogP contribution in [0.5, 0.6) is 0 Å². The maximum absolute atomic E-state index is 12.6. The van der Waals surface area contributed by atoms with Crippen LogP contribution in [0.3, 0.4) is 0 Å². The minimum atomic E-state index is -0.665. The normalized spacial score (nSPS) is 12.7. The molecule has 0 rings (SSSR count). The Bertz CT molecular complexity index is 1380. The lowest BCUT2D eigenvalue weighted by Gasteiger charge is -2.22. The van der Waals surface area contributed by atoms with Crippen molar-refractivity contribution in [2.24, 2.45) is 0 Å². The van der Waals surface area contributed by atoms with Gasteiger partial charge in [-0.2, -0.15) is 0 Å². The van der Waals surface area contributed by atoms with Gasteiger partial charge < -0.3 is 20.3 Å². The predicted octanol–water partition coefficient (Wildman–Crippen LogP) is 25.4. The fraction of sp³-hybridized carbons (Fsp3) is 0.899. The van der Waals surface area contributed by atoms with Crippen molar-refractivity contribution in [3.8, 4) is 0 Å². The second kappa shape index (κ2) is 74.5. The van der Waals surface area contributed by atoms with E-state index in [0.29, 0.717) is 25.9 Å². The standard InChI is InChI=1S/C79H151NO5/c1-3-5-7-9-11-13-15-17-19-20-21-22-34-37-40-44-47-51-55-59-63-67-71-77(82)76(75-81)80-78(83)72-68-64-60-56-52-48-45-41-38-35-32-30-28-26-24-23-25-27-29-31-33-36-39-42-46-50-54-58-62-66-70-74-85-79(84)73-69-65-61-57-53-49-43-18-16-14-12-10-8-6-4-2/h18,25,27,31,33,43,76-77,81-82H,3-17,19-24,26,28-30,32,34-42,44-75H2,1-2H3,(H,80,83)/b27-25-,33-31-,43-18-. The lowest BCUT2D eigenvalue weighted by molar-refractivity contribution is -0.143.